The Morgan fingerprint density at radius 1 is 0.917 bits per heavy atom. The number of hydrogen-bond donors (Lipinski definition) is 1. The van der Waals surface area contributed by atoms with Crippen molar-refractivity contribution in [2.45, 2.75) is 116 Å². The molecule has 6 heteroatoms. The van der Waals surface area contributed by atoms with Gasteiger partial charge in [0.2, 0.25) is 11.8 Å². The van der Waals surface area contributed by atoms with E-state index in [4.69, 9.17) is 0 Å². The standard InChI is InChI=1S/C30H50N2O4/c1-29-18-16-24-22(13-15-25-30(24,2)19-17-27(34)32(25)3)23(29)14-12-21(29)20-31-26(33)10-8-6-5-7-9-11-28(35)36-4/h21-25H,5-20H2,1-4H3,(H,31,33)/t21-,22+,23+,24+,25-,29-,30-/m1/s1. The zero-order valence-corrected chi connectivity index (χ0v) is 23.3. The SMILES string of the molecule is COC(=O)CCCCCCCC(=O)NC[C@H]1CC[C@H]2[C@@H]3CC[C@H]4N(C)C(=O)CC[C@]4(C)[C@H]3CC[C@]12C. The number of rotatable bonds is 10. The molecule has 0 radical (unpaired) electrons. The summed E-state index contributed by atoms with van der Waals surface area (Å²) in [4.78, 5) is 38.2. The first-order valence-electron chi connectivity index (χ1n) is 14.8. The van der Waals surface area contributed by atoms with Crippen molar-refractivity contribution in [3.63, 3.8) is 0 Å². The molecule has 3 aliphatic carbocycles. The van der Waals surface area contributed by atoms with E-state index in [1.807, 2.05) is 7.05 Å². The number of amides is 2. The van der Waals surface area contributed by atoms with Crippen LogP contribution < -0.4 is 5.32 Å². The first-order chi connectivity index (χ1) is 17.2. The first kappa shape index (κ1) is 27.4. The quantitative estimate of drug-likeness (QED) is 0.317. The number of fused-ring (bicyclic) bond motifs is 5. The summed E-state index contributed by atoms with van der Waals surface area (Å²) in [5.41, 5.74) is 0.617. The molecule has 0 aromatic heterocycles. The van der Waals surface area contributed by atoms with E-state index in [0.29, 0.717) is 36.1 Å². The molecule has 4 fully saturated rings. The van der Waals surface area contributed by atoms with Crippen LogP contribution in [0.5, 0.6) is 0 Å². The molecule has 0 spiro atoms. The maximum Gasteiger partial charge on any atom is 0.305 e. The molecule has 4 rings (SSSR count). The van der Waals surface area contributed by atoms with Gasteiger partial charge in [0.05, 0.1) is 7.11 Å². The largest absolute Gasteiger partial charge is 0.469 e. The Labute approximate surface area is 218 Å². The minimum atomic E-state index is -0.134. The Hall–Kier alpha value is -1.59. The van der Waals surface area contributed by atoms with Gasteiger partial charge in [-0.2, -0.15) is 0 Å². The van der Waals surface area contributed by atoms with E-state index in [-0.39, 0.29) is 17.3 Å². The lowest BCUT2D eigenvalue weighted by molar-refractivity contribution is -0.158. The molecule has 0 unspecified atom stereocenters. The number of ether oxygens (including phenoxy) is 1. The van der Waals surface area contributed by atoms with Crippen molar-refractivity contribution in [3.05, 3.63) is 0 Å². The van der Waals surface area contributed by atoms with Crippen molar-refractivity contribution in [2.24, 2.45) is 34.5 Å². The Kier molecular flexibility index (Phi) is 8.71. The summed E-state index contributed by atoms with van der Waals surface area (Å²) in [6.07, 6.45) is 15.3. The normalized spacial score (nSPS) is 37.6. The second kappa shape index (κ2) is 11.4. The predicted octanol–water partition coefficient (Wildman–Crippen LogP) is 5.49. The van der Waals surface area contributed by atoms with Gasteiger partial charge in [-0.15, -0.1) is 0 Å². The number of nitrogens with zero attached hydrogens (tertiary/aromatic N) is 1. The van der Waals surface area contributed by atoms with Crippen LogP contribution in [0.25, 0.3) is 0 Å². The third kappa shape index (κ3) is 5.34. The summed E-state index contributed by atoms with van der Waals surface area (Å²) >= 11 is 0. The van der Waals surface area contributed by atoms with Gasteiger partial charge in [-0.1, -0.05) is 33.1 Å². The van der Waals surface area contributed by atoms with Gasteiger partial charge >= 0.3 is 5.97 Å². The van der Waals surface area contributed by atoms with Crippen molar-refractivity contribution in [3.8, 4) is 0 Å². The highest BCUT2D eigenvalue weighted by atomic mass is 16.5. The number of esters is 1. The van der Waals surface area contributed by atoms with Crippen LogP contribution in [0.4, 0.5) is 0 Å². The second-order valence-electron chi connectivity index (χ2n) is 12.9. The van der Waals surface area contributed by atoms with Crippen LogP contribution in [0.3, 0.4) is 0 Å². The minimum absolute atomic E-state index is 0.134. The Balaban J connectivity index is 1.22. The second-order valence-corrected chi connectivity index (χ2v) is 12.9. The molecule has 0 aromatic carbocycles. The summed E-state index contributed by atoms with van der Waals surface area (Å²) in [7, 11) is 3.47. The lowest BCUT2D eigenvalue weighted by atomic mass is 9.47. The molecule has 1 N–H and O–H groups in total. The molecule has 7 atom stereocenters. The van der Waals surface area contributed by atoms with E-state index in [1.165, 1.54) is 39.2 Å². The average Bonchev–Trinajstić information content (AvgIpc) is 3.20. The highest BCUT2D eigenvalue weighted by Crippen LogP contribution is 2.66. The Bertz CT molecular complexity index is 815. The van der Waals surface area contributed by atoms with Gasteiger partial charge in [0.15, 0.2) is 0 Å². The van der Waals surface area contributed by atoms with Gasteiger partial charge in [-0.05, 0) is 92.3 Å². The number of hydrogen-bond acceptors (Lipinski definition) is 4. The van der Waals surface area contributed by atoms with E-state index >= 15 is 0 Å². The Morgan fingerprint density at radius 2 is 1.61 bits per heavy atom. The maximum atomic E-state index is 12.6. The van der Waals surface area contributed by atoms with Gasteiger partial charge in [0.25, 0.3) is 0 Å². The van der Waals surface area contributed by atoms with Crippen molar-refractivity contribution >= 4 is 17.8 Å². The lowest BCUT2D eigenvalue weighted by Crippen LogP contribution is -2.61. The van der Waals surface area contributed by atoms with E-state index in [2.05, 4.69) is 28.8 Å². The van der Waals surface area contributed by atoms with E-state index in [0.717, 1.165) is 75.7 Å². The molecule has 6 nitrogen and oxygen atoms in total. The summed E-state index contributed by atoms with van der Waals surface area (Å²) in [6.45, 7) is 5.85. The molecular weight excluding hydrogens is 452 g/mol. The number of carbonyl (C=O) groups is 3. The molecule has 204 valence electrons. The zero-order valence-electron chi connectivity index (χ0n) is 23.3. The van der Waals surface area contributed by atoms with Gasteiger partial charge < -0.3 is 15.0 Å². The number of nitrogens with one attached hydrogen (secondary N) is 1. The van der Waals surface area contributed by atoms with E-state index < -0.39 is 0 Å². The summed E-state index contributed by atoms with van der Waals surface area (Å²) in [5, 5.41) is 3.30. The number of unbranched alkanes of at least 4 members (excludes halogenated alkanes) is 4. The van der Waals surface area contributed by atoms with Crippen LogP contribution in [-0.4, -0.2) is 49.4 Å². The van der Waals surface area contributed by atoms with Crippen molar-refractivity contribution in [2.75, 3.05) is 20.7 Å². The van der Waals surface area contributed by atoms with Crippen LogP contribution in [0.1, 0.15) is 110 Å². The number of piperidine rings is 1. The maximum absolute atomic E-state index is 12.6. The topological polar surface area (TPSA) is 75.7 Å². The fraction of sp³-hybridized carbons (Fsp3) is 0.900. The summed E-state index contributed by atoms with van der Waals surface area (Å²) < 4.78 is 4.67. The van der Waals surface area contributed by atoms with Crippen LogP contribution in [0, 0.1) is 34.5 Å². The molecule has 0 bridgehead atoms. The molecule has 0 aromatic rings. The average molecular weight is 503 g/mol. The predicted molar refractivity (Wildman–Crippen MR) is 141 cm³/mol. The molecule has 3 saturated carbocycles. The van der Waals surface area contributed by atoms with Gasteiger partial charge in [0, 0.05) is 38.9 Å². The number of methoxy groups -OCH3 is 1. The minimum Gasteiger partial charge on any atom is -0.469 e. The molecule has 4 aliphatic rings. The monoisotopic (exact) mass is 502 g/mol. The van der Waals surface area contributed by atoms with Crippen LogP contribution in [0.15, 0.2) is 0 Å². The third-order valence-corrected chi connectivity index (χ3v) is 11.3. The molecule has 1 aliphatic heterocycles. The van der Waals surface area contributed by atoms with Crippen molar-refractivity contribution in [1.29, 1.82) is 0 Å². The van der Waals surface area contributed by atoms with E-state index in [9.17, 15) is 14.4 Å². The van der Waals surface area contributed by atoms with Crippen molar-refractivity contribution < 1.29 is 19.1 Å². The van der Waals surface area contributed by atoms with E-state index in [1.54, 1.807) is 0 Å². The highest BCUT2D eigenvalue weighted by molar-refractivity contribution is 5.77. The fourth-order valence-corrected chi connectivity index (χ4v) is 9.11. The molecule has 36 heavy (non-hydrogen) atoms. The van der Waals surface area contributed by atoms with Crippen molar-refractivity contribution in [1.82, 2.24) is 10.2 Å². The third-order valence-electron chi connectivity index (χ3n) is 11.3. The van der Waals surface area contributed by atoms with Crippen LogP contribution in [0.2, 0.25) is 0 Å². The molecular formula is C30H50N2O4. The lowest BCUT2D eigenvalue weighted by Gasteiger charge is -2.61. The zero-order chi connectivity index (χ0) is 25.9. The molecule has 2 amide bonds. The number of likely N-dealkylation sites (tertiary alicyclic amines) is 1. The van der Waals surface area contributed by atoms with Crippen LogP contribution in [-0.2, 0) is 19.1 Å². The Morgan fingerprint density at radius 3 is 2.36 bits per heavy atom. The molecule has 1 heterocycles. The van der Waals surface area contributed by atoms with Gasteiger partial charge in [0.1, 0.15) is 0 Å². The number of carbonyl (C=O) groups excluding carboxylic acids is 3. The fourth-order valence-electron chi connectivity index (χ4n) is 9.11. The van der Waals surface area contributed by atoms with Gasteiger partial charge in [-0.25, -0.2) is 0 Å². The molecule has 1 saturated heterocycles. The van der Waals surface area contributed by atoms with Gasteiger partial charge in [-0.3, -0.25) is 14.4 Å². The highest BCUT2D eigenvalue weighted by Gasteiger charge is 2.60. The first-order valence-corrected chi connectivity index (χ1v) is 14.8. The summed E-state index contributed by atoms with van der Waals surface area (Å²) in [6, 6.07) is 0.425. The smallest absolute Gasteiger partial charge is 0.305 e. The summed E-state index contributed by atoms with van der Waals surface area (Å²) in [5.74, 6) is 3.29. The van der Waals surface area contributed by atoms with Crippen LogP contribution >= 0.6 is 0 Å².